The van der Waals surface area contributed by atoms with Crippen LogP contribution in [0.5, 0.6) is 0 Å². The van der Waals surface area contributed by atoms with E-state index in [-0.39, 0.29) is 28.4 Å². The number of rotatable bonds is 8. The number of aromatic amines is 1. The largest absolute Gasteiger partial charge is 0.710 e. The van der Waals surface area contributed by atoms with Crippen LogP contribution in [-0.4, -0.2) is 76.6 Å². The molecule has 0 bridgehead atoms. The fraction of sp³-hybridized carbons (Fsp3) is 0.600. The molecule has 0 radical (unpaired) electrons. The number of aliphatic hydroxyl groups excluding tert-OH is 2. The Morgan fingerprint density at radius 1 is 1.21 bits per heavy atom. The smallest absolute Gasteiger partial charge is 0.276 e. The van der Waals surface area contributed by atoms with Gasteiger partial charge in [0.2, 0.25) is 11.7 Å². The van der Waals surface area contributed by atoms with E-state index in [9.17, 15) is 15.4 Å². The minimum atomic E-state index is -1.23. The maximum absolute atomic E-state index is 12.4. The molecule has 12 nitrogen and oxygen atoms in total. The second-order valence-electron chi connectivity index (χ2n) is 13.3. The quantitative estimate of drug-likeness (QED) is 0.182. The lowest BCUT2D eigenvalue weighted by molar-refractivity contribution is -0.578. The van der Waals surface area contributed by atoms with Crippen LogP contribution in [-0.2, 0) is 16.6 Å². The SMILES string of the molecule is CC(C)N(CC1OC(n2c[n+]([O-])c3c(N)ncnc32)C(O)C1O)C1CC(CCc2nc3ccc(C(C)(C)C)cc3[nH]2)C1. The number of H-pyrrole nitrogens is 1. The molecule has 42 heavy (non-hydrogen) atoms. The number of nitrogens with zero attached hydrogens (tertiary/aromatic N) is 6. The van der Waals surface area contributed by atoms with Crippen molar-refractivity contribution in [3.63, 3.8) is 0 Å². The second kappa shape index (κ2) is 10.7. The molecule has 0 amide bonds. The predicted molar refractivity (Wildman–Crippen MR) is 158 cm³/mol. The average Bonchev–Trinajstić information content (AvgIpc) is 3.55. The number of nitrogens with two attached hydrogens (primary N) is 1. The van der Waals surface area contributed by atoms with Crippen molar-refractivity contribution in [2.75, 3.05) is 12.3 Å². The summed E-state index contributed by atoms with van der Waals surface area (Å²) in [6.45, 7) is 11.4. The Morgan fingerprint density at radius 3 is 2.69 bits per heavy atom. The number of anilines is 1. The highest BCUT2D eigenvalue weighted by Crippen LogP contribution is 2.38. The molecular weight excluding hydrogens is 536 g/mol. The number of nitrogens with one attached hydrogen (secondary N) is 1. The third-order valence-electron chi connectivity index (χ3n) is 9.06. The molecule has 226 valence electrons. The number of hydrogen-bond acceptors (Lipinski definition) is 9. The first-order chi connectivity index (χ1) is 19.9. The van der Waals surface area contributed by atoms with E-state index in [1.807, 2.05) is 0 Å². The zero-order valence-corrected chi connectivity index (χ0v) is 24.9. The van der Waals surface area contributed by atoms with E-state index >= 15 is 0 Å². The lowest BCUT2D eigenvalue weighted by Crippen LogP contribution is -2.52. The molecule has 1 saturated heterocycles. The van der Waals surface area contributed by atoms with Gasteiger partial charge in [-0.05, 0) is 62.1 Å². The molecule has 3 aromatic heterocycles. The summed E-state index contributed by atoms with van der Waals surface area (Å²) < 4.78 is 8.16. The summed E-state index contributed by atoms with van der Waals surface area (Å²) >= 11 is 0. The van der Waals surface area contributed by atoms with Crippen molar-refractivity contribution in [3.8, 4) is 0 Å². The van der Waals surface area contributed by atoms with E-state index in [2.05, 4.69) is 72.7 Å². The third kappa shape index (κ3) is 5.21. The first-order valence-electron chi connectivity index (χ1n) is 14.9. The van der Waals surface area contributed by atoms with Crippen LogP contribution in [0.1, 0.15) is 71.5 Å². The highest BCUT2D eigenvalue weighted by molar-refractivity contribution is 5.78. The molecule has 4 heterocycles. The van der Waals surface area contributed by atoms with Gasteiger partial charge in [-0.3, -0.25) is 4.90 Å². The van der Waals surface area contributed by atoms with E-state index < -0.39 is 24.5 Å². The molecule has 4 aromatic rings. The van der Waals surface area contributed by atoms with Gasteiger partial charge in [-0.25, -0.2) is 14.7 Å². The molecule has 1 aromatic carbocycles. The Bertz CT molecular complexity index is 1570. The van der Waals surface area contributed by atoms with E-state index in [4.69, 9.17) is 15.5 Å². The van der Waals surface area contributed by atoms with Crippen LogP contribution in [0, 0.1) is 11.1 Å². The number of hydrogen-bond donors (Lipinski definition) is 4. The first kappa shape index (κ1) is 28.8. The monoisotopic (exact) mass is 578 g/mol. The molecule has 4 atom stereocenters. The normalized spacial score (nSPS) is 26.6. The molecule has 0 spiro atoms. The zero-order chi connectivity index (χ0) is 29.9. The summed E-state index contributed by atoms with van der Waals surface area (Å²) in [7, 11) is 0. The van der Waals surface area contributed by atoms with E-state index in [1.54, 1.807) is 0 Å². The summed E-state index contributed by atoms with van der Waals surface area (Å²) in [6.07, 6.45) is 2.65. The van der Waals surface area contributed by atoms with Crippen LogP contribution >= 0.6 is 0 Å². The summed E-state index contributed by atoms with van der Waals surface area (Å²) in [4.78, 5) is 18.7. The number of ether oxygens (including phenoxy) is 1. The van der Waals surface area contributed by atoms with Crippen LogP contribution in [0.2, 0.25) is 0 Å². The lowest BCUT2D eigenvalue weighted by Gasteiger charge is -2.46. The van der Waals surface area contributed by atoms with Gasteiger partial charge in [0.05, 0.1) is 11.0 Å². The molecular formula is C30H42N8O4. The van der Waals surface area contributed by atoms with Crippen LogP contribution < -0.4 is 10.5 Å². The van der Waals surface area contributed by atoms with Crippen molar-refractivity contribution in [1.82, 2.24) is 29.4 Å². The third-order valence-corrected chi connectivity index (χ3v) is 9.06. The van der Waals surface area contributed by atoms with E-state index in [0.29, 0.717) is 23.2 Å². The van der Waals surface area contributed by atoms with Crippen LogP contribution in [0.3, 0.4) is 0 Å². The number of nitrogen functional groups attached to an aromatic ring is 1. The van der Waals surface area contributed by atoms with Gasteiger partial charge in [0.1, 0.15) is 30.5 Å². The molecule has 2 fully saturated rings. The topological polar surface area (TPSA) is 165 Å². The van der Waals surface area contributed by atoms with Gasteiger partial charge in [0.15, 0.2) is 5.82 Å². The Balaban J connectivity index is 1.07. The van der Waals surface area contributed by atoms with Crippen molar-refractivity contribution < 1.29 is 19.7 Å². The molecule has 1 aliphatic carbocycles. The number of aromatic nitrogens is 6. The highest BCUT2D eigenvalue weighted by atomic mass is 16.6. The minimum Gasteiger partial charge on any atom is -0.710 e. The van der Waals surface area contributed by atoms with Gasteiger partial charge in [0, 0.05) is 25.0 Å². The summed E-state index contributed by atoms with van der Waals surface area (Å²) in [5, 5.41) is 34.3. The second-order valence-corrected chi connectivity index (χ2v) is 13.3. The van der Waals surface area contributed by atoms with Gasteiger partial charge >= 0.3 is 0 Å². The highest BCUT2D eigenvalue weighted by Gasteiger charge is 2.49. The predicted octanol–water partition coefficient (Wildman–Crippen LogP) is 2.56. The van der Waals surface area contributed by atoms with E-state index in [1.165, 1.54) is 22.8 Å². The molecule has 4 unspecified atom stereocenters. The fourth-order valence-electron chi connectivity index (χ4n) is 6.49. The maximum Gasteiger partial charge on any atom is 0.276 e. The Labute approximate surface area is 245 Å². The average molecular weight is 579 g/mol. The van der Waals surface area contributed by atoms with Gasteiger partial charge in [-0.15, -0.1) is 0 Å². The lowest BCUT2D eigenvalue weighted by atomic mass is 9.76. The Kier molecular flexibility index (Phi) is 7.37. The van der Waals surface area contributed by atoms with Gasteiger partial charge < -0.3 is 30.9 Å². The molecule has 5 N–H and O–H groups in total. The number of imidazole rings is 2. The van der Waals surface area contributed by atoms with E-state index in [0.717, 1.165) is 42.5 Å². The summed E-state index contributed by atoms with van der Waals surface area (Å²) in [5.41, 5.74) is 9.72. The van der Waals surface area contributed by atoms with Gasteiger partial charge in [-0.1, -0.05) is 26.8 Å². The zero-order valence-electron chi connectivity index (χ0n) is 24.9. The van der Waals surface area contributed by atoms with Gasteiger partial charge in [0.25, 0.3) is 12.0 Å². The molecule has 1 aliphatic heterocycles. The standard InChI is InChI=1S/C30H42N8O4/c1-16(2)36(13-22-25(39)26(40)29(42-22)37-15-38(41)24-27(31)32-14-33-28(24)37)19-10-17(11-19)6-9-23-34-20-8-7-18(30(3,4)5)12-21(20)35-23/h7-8,12,14-17,19,22,25-26,29,39-40H,6,9-11,13H2,1-5H3,(H,34,35)(H2,31,32,33). The van der Waals surface area contributed by atoms with Crippen LogP contribution in [0.15, 0.2) is 30.9 Å². The molecule has 6 rings (SSSR count). The number of aryl methyl sites for hydroxylation is 1. The number of benzene rings is 1. The molecule has 12 heteroatoms. The van der Waals surface area contributed by atoms with Crippen molar-refractivity contribution in [2.24, 2.45) is 5.92 Å². The van der Waals surface area contributed by atoms with Crippen molar-refractivity contribution in [3.05, 3.63) is 47.4 Å². The molecule has 2 aliphatic rings. The number of aliphatic hydroxyl groups is 2. The van der Waals surface area contributed by atoms with Gasteiger partial charge in [-0.2, -0.15) is 9.55 Å². The number of fused-ring (bicyclic) bond motifs is 2. The Morgan fingerprint density at radius 2 is 1.98 bits per heavy atom. The van der Waals surface area contributed by atoms with Crippen molar-refractivity contribution in [1.29, 1.82) is 0 Å². The first-order valence-corrected chi connectivity index (χ1v) is 14.9. The van der Waals surface area contributed by atoms with Crippen LogP contribution in [0.4, 0.5) is 5.82 Å². The molecule has 1 saturated carbocycles. The van der Waals surface area contributed by atoms with Crippen molar-refractivity contribution >= 4 is 28.0 Å². The summed E-state index contributed by atoms with van der Waals surface area (Å²) in [5.74, 6) is 1.68. The van der Waals surface area contributed by atoms with Crippen LogP contribution in [0.25, 0.3) is 22.2 Å². The fourth-order valence-corrected chi connectivity index (χ4v) is 6.49. The maximum atomic E-state index is 12.4. The Hall–Kier alpha value is -3.32. The summed E-state index contributed by atoms with van der Waals surface area (Å²) in [6, 6.07) is 7.10. The minimum absolute atomic E-state index is 0.0406. The van der Waals surface area contributed by atoms with Crippen molar-refractivity contribution in [2.45, 2.75) is 102 Å².